The standard InChI is InChI=1S/C27H41N3/c1-21(2)9-8-10-22(3)11-12-23-13-15-24(16-14-23)25-17-19-26(20-18-25)28-27(29(4)5)30(6)7/h13-22H,8-12H2,1-7H3/p+1/t22-/m0/s1. The monoisotopic (exact) mass is 408 g/mol. The van der Waals surface area contributed by atoms with E-state index in [-0.39, 0.29) is 0 Å². The summed E-state index contributed by atoms with van der Waals surface area (Å²) in [6, 6.07) is 17.8. The third-order valence-corrected chi connectivity index (χ3v) is 5.68. The molecular weight excluding hydrogens is 366 g/mol. The van der Waals surface area contributed by atoms with E-state index in [0.29, 0.717) is 0 Å². The molecule has 0 aliphatic carbocycles. The van der Waals surface area contributed by atoms with Crippen LogP contribution in [0.1, 0.15) is 52.0 Å². The lowest BCUT2D eigenvalue weighted by atomic mass is 9.94. The van der Waals surface area contributed by atoms with Crippen molar-refractivity contribution in [3.05, 3.63) is 54.1 Å². The second-order valence-corrected chi connectivity index (χ2v) is 9.48. The molecule has 0 amide bonds. The van der Waals surface area contributed by atoms with Crippen LogP contribution < -0.4 is 5.32 Å². The third-order valence-electron chi connectivity index (χ3n) is 5.68. The predicted molar refractivity (Wildman–Crippen MR) is 132 cm³/mol. The Kier molecular flexibility index (Phi) is 9.42. The fourth-order valence-electron chi connectivity index (χ4n) is 3.79. The number of benzene rings is 2. The smallest absolute Gasteiger partial charge is 0.270 e. The second-order valence-electron chi connectivity index (χ2n) is 9.48. The van der Waals surface area contributed by atoms with Gasteiger partial charge in [-0.15, -0.1) is 0 Å². The van der Waals surface area contributed by atoms with Crippen molar-refractivity contribution >= 4 is 11.6 Å². The number of anilines is 1. The molecular formula is C27H42N3+. The van der Waals surface area contributed by atoms with Crippen LogP contribution in [0.25, 0.3) is 11.1 Å². The fourth-order valence-corrected chi connectivity index (χ4v) is 3.79. The first-order valence-electron chi connectivity index (χ1n) is 11.4. The normalized spacial score (nSPS) is 12.0. The Morgan fingerprint density at radius 2 is 1.40 bits per heavy atom. The minimum atomic E-state index is 0.814. The molecule has 0 aliphatic rings. The summed E-state index contributed by atoms with van der Waals surface area (Å²) in [5.41, 5.74) is 5.08. The number of hydrogen-bond acceptors (Lipinski definition) is 0. The van der Waals surface area contributed by atoms with E-state index in [2.05, 4.69) is 84.1 Å². The van der Waals surface area contributed by atoms with Crippen molar-refractivity contribution in [1.29, 1.82) is 0 Å². The molecule has 0 fully saturated rings. The Labute approximate surface area is 184 Å². The van der Waals surface area contributed by atoms with Gasteiger partial charge in [0.15, 0.2) is 0 Å². The molecule has 0 bridgehead atoms. The Morgan fingerprint density at radius 1 is 0.833 bits per heavy atom. The van der Waals surface area contributed by atoms with E-state index in [1.807, 2.05) is 28.2 Å². The first-order chi connectivity index (χ1) is 14.3. The molecule has 2 aromatic carbocycles. The molecule has 0 saturated heterocycles. The number of aryl methyl sites for hydroxylation is 1. The van der Waals surface area contributed by atoms with E-state index in [0.717, 1.165) is 23.5 Å². The summed E-state index contributed by atoms with van der Waals surface area (Å²) in [7, 11) is 8.19. The maximum atomic E-state index is 3.48. The van der Waals surface area contributed by atoms with Crippen molar-refractivity contribution in [2.75, 3.05) is 33.5 Å². The zero-order valence-electron chi connectivity index (χ0n) is 20.2. The highest BCUT2D eigenvalue weighted by Crippen LogP contribution is 2.23. The lowest BCUT2D eigenvalue weighted by Crippen LogP contribution is -2.36. The number of guanidine groups is 1. The van der Waals surface area contributed by atoms with Gasteiger partial charge in [-0.05, 0) is 53.5 Å². The van der Waals surface area contributed by atoms with E-state index < -0.39 is 0 Å². The molecule has 0 radical (unpaired) electrons. The van der Waals surface area contributed by atoms with Gasteiger partial charge in [0.05, 0.1) is 33.9 Å². The average Bonchev–Trinajstić information content (AvgIpc) is 2.70. The van der Waals surface area contributed by atoms with Gasteiger partial charge in [0, 0.05) is 0 Å². The summed E-state index contributed by atoms with van der Waals surface area (Å²) in [6.45, 7) is 7.04. The van der Waals surface area contributed by atoms with Crippen LogP contribution in [0.2, 0.25) is 0 Å². The van der Waals surface area contributed by atoms with Crippen LogP contribution in [-0.2, 0) is 6.42 Å². The Bertz CT molecular complexity index is 782. The van der Waals surface area contributed by atoms with Gasteiger partial charge in [0.1, 0.15) is 0 Å². The SMILES string of the molecule is CC(C)CCC[C@H](C)CCc1ccc(-c2ccc(NC(N(C)C)=[N+](C)C)cc2)cc1. The van der Waals surface area contributed by atoms with E-state index in [1.165, 1.54) is 48.8 Å². The number of hydrogen-bond donors (Lipinski definition) is 1. The van der Waals surface area contributed by atoms with Gasteiger partial charge in [-0.3, -0.25) is 9.48 Å². The third kappa shape index (κ3) is 7.85. The molecule has 0 aromatic heterocycles. The van der Waals surface area contributed by atoms with Gasteiger partial charge in [-0.2, -0.15) is 0 Å². The van der Waals surface area contributed by atoms with Crippen LogP contribution >= 0.6 is 0 Å². The van der Waals surface area contributed by atoms with Crippen molar-refractivity contribution in [3.8, 4) is 11.1 Å². The van der Waals surface area contributed by atoms with Gasteiger partial charge in [-0.1, -0.05) is 76.4 Å². The predicted octanol–water partition coefficient (Wildman–Crippen LogP) is 6.35. The molecule has 1 N–H and O–H groups in total. The van der Waals surface area contributed by atoms with E-state index in [1.54, 1.807) is 0 Å². The van der Waals surface area contributed by atoms with Crippen LogP contribution in [0.3, 0.4) is 0 Å². The first kappa shape index (κ1) is 24.0. The van der Waals surface area contributed by atoms with Gasteiger partial charge in [-0.25, -0.2) is 5.32 Å². The molecule has 3 heteroatoms. The summed E-state index contributed by atoms with van der Waals surface area (Å²) < 4.78 is 2.08. The second kappa shape index (κ2) is 11.8. The maximum Gasteiger partial charge on any atom is 0.352 e. The molecule has 0 saturated carbocycles. The maximum absolute atomic E-state index is 3.48. The highest BCUT2D eigenvalue weighted by molar-refractivity contribution is 5.89. The number of nitrogens with zero attached hydrogens (tertiary/aromatic N) is 2. The number of nitrogens with one attached hydrogen (secondary N) is 1. The fraction of sp³-hybridized carbons (Fsp3) is 0.519. The van der Waals surface area contributed by atoms with Crippen LogP contribution in [0.4, 0.5) is 5.69 Å². The van der Waals surface area contributed by atoms with Crippen LogP contribution in [0.5, 0.6) is 0 Å². The van der Waals surface area contributed by atoms with Gasteiger partial charge in [0.2, 0.25) is 0 Å². The largest absolute Gasteiger partial charge is 0.352 e. The van der Waals surface area contributed by atoms with Crippen LogP contribution in [-0.4, -0.2) is 43.6 Å². The molecule has 0 spiro atoms. The highest BCUT2D eigenvalue weighted by atomic mass is 15.3. The Hall–Kier alpha value is -2.29. The topological polar surface area (TPSA) is 18.3 Å². The van der Waals surface area contributed by atoms with Gasteiger partial charge < -0.3 is 0 Å². The average molecular weight is 409 g/mol. The quantitative estimate of drug-likeness (QED) is 0.296. The minimum Gasteiger partial charge on any atom is -0.270 e. The summed E-state index contributed by atoms with van der Waals surface area (Å²) in [6.07, 6.45) is 6.55. The molecule has 2 aromatic rings. The van der Waals surface area contributed by atoms with Crippen molar-refractivity contribution in [2.45, 2.75) is 52.9 Å². The zero-order valence-corrected chi connectivity index (χ0v) is 20.2. The van der Waals surface area contributed by atoms with Crippen molar-refractivity contribution in [1.82, 2.24) is 4.90 Å². The minimum absolute atomic E-state index is 0.814. The lowest BCUT2D eigenvalue weighted by Gasteiger charge is -2.13. The van der Waals surface area contributed by atoms with E-state index in [9.17, 15) is 0 Å². The highest BCUT2D eigenvalue weighted by Gasteiger charge is 2.12. The van der Waals surface area contributed by atoms with Crippen molar-refractivity contribution in [3.63, 3.8) is 0 Å². The van der Waals surface area contributed by atoms with E-state index >= 15 is 0 Å². The van der Waals surface area contributed by atoms with Crippen molar-refractivity contribution in [2.24, 2.45) is 11.8 Å². The van der Waals surface area contributed by atoms with Crippen LogP contribution in [0, 0.1) is 11.8 Å². The molecule has 3 nitrogen and oxygen atoms in total. The van der Waals surface area contributed by atoms with Gasteiger partial charge in [0.25, 0.3) is 0 Å². The summed E-state index contributed by atoms with van der Waals surface area (Å²) in [4.78, 5) is 2.08. The summed E-state index contributed by atoms with van der Waals surface area (Å²) in [5, 5.41) is 3.48. The molecule has 2 rings (SSSR count). The molecule has 164 valence electrons. The Balaban J connectivity index is 1.91. The Morgan fingerprint density at radius 3 is 1.90 bits per heavy atom. The molecule has 0 unspecified atom stereocenters. The summed E-state index contributed by atoms with van der Waals surface area (Å²) in [5.74, 6) is 2.70. The summed E-state index contributed by atoms with van der Waals surface area (Å²) >= 11 is 0. The first-order valence-corrected chi connectivity index (χ1v) is 11.4. The molecule has 1 atom stereocenters. The van der Waals surface area contributed by atoms with Crippen molar-refractivity contribution < 1.29 is 4.58 Å². The molecule has 30 heavy (non-hydrogen) atoms. The number of rotatable bonds is 9. The molecule has 0 aliphatic heterocycles. The molecule has 0 heterocycles. The van der Waals surface area contributed by atoms with Crippen LogP contribution in [0.15, 0.2) is 48.5 Å². The zero-order chi connectivity index (χ0) is 22.1. The van der Waals surface area contributed by atoms with Gasteiger partial charge >= 0.3 is 5.96 Å². The lowest BCUT2D eigenvalue weighted by molar-refractivity contribution is -0.469. The van der Waals surface area contributed by atoms with E-state index in [4.69, 9.17) is 0 Å².